The summed E-state index contributed by atoms with van der Waals surface area (Å²) in [7, 11) is 0. The smallest absolute Gasteiger partial charge is 0.234 e. The summed E-state index contributed by atoms with van der Waals surface area (Å²) >= 11 is 0. The quantitative estimate of drug-likeness (QED) is 0.681. The predicted molar refractivity (Wildman–Crippen MR) is 94.0 cm³/mol. The van der Waals surface area contributed by atoms with Gasteiger partial charge in [0.2, 0.25) is 5.91 Å². The maximum Gasteiger partial charge on any atom is 0.234 e. The highest BCUT2D eigenvalue weighted by Gasteiger charge is 2.15. The van der Waals surface area contributed by atoms with Gasteiger partial charge in [0.1, 0.15) is 18.2 Å². The molecule has 2 rings (SSSR count). The van der Waals surface area contributed by atoms with Crippen molar-refractivity contribution in [3.63, 3.8) is 0 Å². The molecule has 0 saturated heterocycles. The summed E-state index contributed by atoms with van der Waals surface area (Å²) in [5.41, 5.74) is 1.11. The molecule has 136 valence electrons. The molecule has 7 heteroatoms. The van der Waals surface area contributed by atoms with E-state index in [2.05, 4.69) is 22.7 Å². The van der Waals surface area contributed by atoms with Gasteiger partial charge in [0.25, 0.3) is 0 Å². The second kappa shape index (κ2) is 9.17. The van der Waals surface area contributed by atoms with Crippen LogP contribution >= 0.6 is 0 Å². The van der Waals surface area contributed by atoms with E-state index in [-0.39, 0.29) is 30.4 Å². The zero-order valence-corrected chi connectivity index (χ0v) is 14.8. The summed E-state index contributed by atoms with van der Waals surface area (Å²) in [5.74, 6) is 0.171. The Morgan fingerprint density at radius 2 is 2.04 bits per heavy atom. The van der Waals surface area contributed by atoms with Gasteiger partial charge >= 0.3 is 0 Å². The Hall–Kier alpha value is -2.41. The Morgan fingerprint density at radius 1 is 1.32 bits per heavy atom. The predicted octanol–water partition coefficient (Wildman–Crippen LogP) is 2.06. The first-order chi connectivity index (χ1) is 12.0. The van der Waals surface area contributed by atoms with Crippen LogP contribution in [0.15, 0.2) is 36.7 Å². The van der Waals surface area contributed by atoms with Gasteiger partial charge in [-0.25, -0.2) is 4.39 Å². The fraction of sp³-hybridized carbons (Fsp3) is 0.444. The van der Waals surface area contributed by atoms with Gasteiger partial charge in [-0.2, -0.15) is 5.10 Å². The highest BCUT2D eigenvalue weighted by molar-refractivity contribution is 5.77. The molecule has 0 aliphatic carbocycles. The van der Waals surface area contributed by atoms with Crippen LogP contribution in [0.25, 0.3) is 0 Å². The molecule has 0 bridgehead atoms. The number of hydrogen-bond acceptors (Lipinski definition) is 4. The molecule has 0 spiro atoms. The van der Waals surface area contributed by atoms with Crippen molar-refractivity contribution in [2.24, 2.45) is 0 Å². The lowest BCUT2D eigenvalue weighted by Gasteiger charge is -2.21. The Balaban J connectivity index is 1.62. The Labute approximate surface area is 147 Å². The molecule has 0 radical (unpaired) electrons. The molecule has 0 aliphatic heterocycles. The second-order valence-electron chi connectivity index (χ2n) is 6.06. The second-order valence-corrected chi connectivity index (χ2v) is 6.06. The summed E-state index contributed by atoms with van der Waals surface area (Å²) < 4.78 is 20.1. The lowest BCUT2D eigenvalue weighted by molar-refractivity contribution is -0.120. The molecular formula is C18H25FN4O2. The normalized spacial score (nSPS) is 13.3. The summed E-state index contributed by atoms with van der Waals surface area (Å²) in [6.07, 6.45) is 3.80. The molecule has 2 N–H and O–H groups in total. The lowest BCUT2D eigenvalue weighted by Crippen LogP contribution is -2.42. The molecule has 6 nitrogen and oxygen atoms in total. The van der Waals surface area contributed by atoms with Crippen LogP contribution in [-0.4, -0.2) is 41.4 Å². The number of carbonyl (C=O) groups is 1. The molecule has 0 fully saturated rings. The van der Waals surface area contributed by atoms with Crippen molar-refractivity contribution in [1.29, 1.82) is 0 Å². The average Bonchev–Trinajstić information content (AvgIpc) is 3.04. The molecule has 25 heavy (non-hydrogen) atoms. The molecule has 1 aromatic carbocycles. The van der Waals surface area contributed by atoms with Crippen molar-refractivity contribution in [1.82, 2.24) is 20.4 Å². The largest absolute Gasteiger partial charge is 0.492 e. The number of aromatic nitrogens is 2. The number of aryl methyl sites for hydroxylation is 1. The minimum atomic E-state index is -0.305. The van der Waals surface area contributed by atoms with Gasteiger partial charge in [-0.3, -0.25) is 9.48 Å². The number of benzene rings is 1. The fourth-order valence-electron chi connectivity index (χ4n) is 2.26. The SMILES string of the molecule is Cc1cnn(C(C)C(C)NCC(=O)NCCOc2ccc(F)cc2)c1. The van der Waals surface area contributed by atoms with Gasteiger partial charge in [-0.1, -0.05) is 0 Å². The van der Waals surface area contributed by atoms with Crippen molar-refractivity contribution in [2.75, 3.05) is 19.7 Å². The van der Waals surface area contributed by atoms with Crippen molar-refractivity contribution in [3.05, 3.63) is 48.0 Å². The standard InChI is InChI=1S/C18H25FN4O2/c1-13-10-22-23(12-13)15(3)14(2)21-11-18(24)20-8-9-25-17-6-4-16(19)5-7-17/h4-7,10,12,14-15,21H,8-9,11H2,1-3H3,(H,20,24). The van der Waals surface area contributed by atoms with Gasteiger partial charge in [0.15, 0.2) is 0 Å². The van der Waals surface area contributed by atoms with Crippen LogP contribution < -0.4 is 15.4 Å². The third kappa shape index (κ3) is 6.19. The molecule has 2 aromatic rings. The third-order valence-electron chi connectivity index (χ3n) is 3.96. The topological polar surface area (TPSA) is 68.2 Å². The number of amides is 1. The number of rotatable bonds is 9. The zero-order chi connectivity index (χ0) is 18.2. The van der Waals surface area contributed by atoms with Crippen LogP contribution in [0.4, 0.5) is 4.39 Å². The third-order valence-corrected chi connectivity index (χ3v) is 3.96. The minimum Gasteiger partial charge on any atom is -0.492 e. The van der Waals surface area contributed by atoms with Gasteiger partial charge in [-0.15, -0.1) is 0 Å². The number of carbonyl (C=O) groups excluding carboxylic acids is 1. The molecule has 2 unspecified atom stereocenters. The van der Waals surface area contributed by atoms with Crippen molar-refractivity contribution in [3.8, 4) is 5.75 Å². The van der Waals surface area contributed by atoms with Crippen molar-refractivity contribution >= 4 is 5.91 Å². The van der Waals surface area contributed by atoms with E-state index in [0.29, 0.717) is 18.9 Å². The van der Waals surface area contributed by atoms with Crippen LogP contribution in [-0.2, 0) is 4.79 Å². The van der Waals surface area contributed by atoms with E-state index >= 15 is 0 Å². The maximum atomic E-state index is 12.8. The molecule has 1 heterocycles. The van der Waals surface area contributed by atoms with Crippen LogP contribution in [0.5, 0.6) is 5.75 Å². The molecule has 1 amide bonds. The van der Waals surface area contributed by atoms with Crippen LogP contribution in [0.2, 0.25) is 0 Å². The van der Waals surface area contributed by atoms with Crippen LogP contribution in [0.3, 0.4) is 0 Å². The van der Waals surface area contributed by atoms with Gasteiger partial charge in [-0.05, 0) is 50.6 Å². The number of halogens is 1. The van der Waals surface area contributed by atoms with Crippen LogP contribution in [0.1, 0.15) is 25.5 Å². The van der Waals surface area contributed by atoms with E-state index in [1.165, 1.54) is 12.1 Å². The van der Waals surface area contributed by atoms with Crippen molar-refractivity contribution < 1.29 is 13.9 Å². The van der Waals surface area contributed by atoms with Crippen LogP contribution in [0, 0.1) is 12.7 Å². The highest BCUT2D eigenvalue weighted by Crippen LogP contribution is 2.11. The summed E-state index contributed by atoms with van der Waals surface area (Å²) in [4.78, 5) is 11.9. The first-order valence-electron chi connectivity index (χ1n) is 8.35. The van der Waals surface area contributed by atoms with E-state index in [1.807, 2.05) is 30.9 Å². The zero-order valence-electron chi connectivity index (χ0n) is 14.8. The molecule has 0 aliphatic rings. The molecular weight excluding hydrogens is 323 g/mol. The van der Waals surface area contributed by atoms with E-state index in [0.717, 1.165) is 5.56 Å². The Bertz CT molecular complexity index is 672. The summed E-state index contributed by atoms with van der Waals surface area (Å²) in [6.45, 7) is 7.01. The average molecular weight is 348 g/mol. The molecule has 2 atom stereocenters. The van der Waals surface area contributed by atoms with Gasteiger partial charge in [0.05, 0.1) is 25.3 Å². The van der Waals surface area contributed by atoms with Gasteiger partial charge in [0, 0.05) is 12.2 Å². The highest BCUT2D eigenvalue weighted by atomic mass is 19.1. The number of ether oxygens (including phenoxy) is 1. The Morgan fingerprint density at radius 3 is 2.68 bits per heavy atom. The van der Waals surface area contributed by atoms with Crippen molar-refractivity contribution in [2.45, 2.75) is 32.9 Å². The van der Waals surface area contributed by atoms with E-state index in [1.54, 1.807) is 12.1 Å². The van der Waals surface area contributed by atoms with Gasteiger partial charge < -0.3 is 15.4 Å². The minimum absolute atomic E-state index is 0.0977. The summed E-state index contributed by atoms with van der Waals surface area (Å²) in [6, 6.07) is 6.02. The molecule has 1 aromatic heterocycles. The fourth-order valence-corrected chi connectivity index (χ4v) is 2.26. The first-order valence-corrected chi connectivity index (χ1v) is 8.35. The maximum absolute atomic E-state index is 12.8. The van der Waals surface area contributed by atoms with E-state index in [4.69, 9.17) is 4.74 Å². The monoisotopic (exact) mass is 348 g/mol. The Kier molecular flexibility index (Phi) is 6.94. The lowest BCUT2D eigenvalue weighted by atomic mass is 10.2. The summed E-state index contributed by atoms with van der Waals surface area (Å²) in [5, 5.41) is 10.3. The first kappa shape index (κ1) is 18.9. The number of nitrogens with zero attached hydrogens (tertiary/aromatic N) is 2. The number of nitrogens with one attached hydrogen (secondary N) is 2. The number of hydrogen-bond donors (Lipinski definition) is 2. The molecule has 0 saturated carbocycles. The van der Waals surface area contributed by atoms with E-state index in [9.17, 15) is 9.18 Å². The van der Waals surface area contributed by atoms with E-state index < -0.39 is 0 Å².